The molecule has 1 amide bonds. The van der Waals surface area contributed by atoms with Crippen molar-refractivity contribution in [1.29, 1.82) is 0 Å². The molecule has 22 heavy (non-hydrogen) atoms. The molecule has 2 rings (SSSR count). The predicted molar refractivity (Wildman–Crippen MR) is 90.0 cm³/mol. The molecule has 1 aromatic carbocycles. The zero-order valence-electron chi connectivity index (χ0n) is 12.7. The average molecular weight is 317 g/mol. The van der Waals surface area contributed by atoms with E-state index in [4.69, 9.17) is 4.74 Å². The molecular formula is C16H19N3O2S. The second-order valence-electron chi connectivity index (χ2n) is 4.70. The summed E-state index contributed by atoms with van der Waals surface area (Å²) in [6, 6.07) is 7.73. The molecule has 1 N–H and O–H groups in total. The standard InChI is InChI=1S/C16H19N3O2S/c1-3-4-5-14(20)17-16-19-18-15(22-16)11-8-12-6-9-13(21-2)10-7-12/h6-11H,3-5H2,1-2H3,(H,17,19,20)/b11-8+. The first kappa shape index (κ1) is 16.2. The SMILES string of the molecule is CCCCC(=O)Nc1nnc(/C=C/c2ccc(OC)cc2)s1. The van der Waals surface area contributed by atoms with Crippen molar-refractivity contribution in [1.82, 2.24) is 10.2 Å². The largest absolute Gasteiger partial charge is 0.497 e. The normalized spacial score (nSPS) is 10.8. The predicted octanol–water partition coefficient (Wildman–Crippen LogP) is 3.85. The van der Waals surface area contributed by atoms with E-state index in [1.165, 1.54) is 11.3 Å². The van der Waals surface area contributed by atoms with Crippen molar-refractivity contribution in [2.45, 2.75) is 26.2 Å². The first-order valence-electron chi connectivity index (χ1n) is 7.16. The third kappa shape index (κ3) is 4.96. The molecular weight excluding hydrogens is 298 g/mol. The molecule has 0 spiro atoms. The Hall–Kier alpha value is -2.21. The number of nitrogens with zero attached hydrogens (tertiary/aromatic N) is 2. The molecule has 0 unspecified atom stereocenters. The van der Waals surface area contributed by atoms with Crippen LogP contribution in [0, 0.1) is 0 Å². The highest BCUT2D eigenvalue weighted by Gasteiger charge is 2.06. The summed E-state index contributed by atoms with van der Waals surface area (Å²) in [5.74, 6) is 0.814. The van der Waals surface area contributed by atoms with Crippen LogP contribution < -0.4 is 10.1 Å². The number of hydrogen-bond donors (Lipinski definition) is 1. The van der Waals surface area contributed by atoms with Crippen LogP contribution in [-0.4, -0.2) is 23.2 Å². The van der Waals surface area contributed by atoms with Gasteiger partial charge in [-0.3, -0.25) is 4.79 Å². The molecule has 0 fully saturated rings. The van der Waals surface area contributed by atoms with Gasteiger partial charge in [0.2, 0.25) is 11.0 Å². The molecule has 0 radical (unpaired) electrons. The Morgan fingerprint density at radius 1 is 1.27 bits per heavy atom. The minimum atomic E-state index is -0.0105. The smallest absolute Gasteiger partial charge is 0.226 e. The number of carbonyl (C=O) groups is 1. The third-order valence-corrected chi connectivity index (χ3v) is 3.78. The number of amides is 1. The van der Waals surface area contributed by atoms with E-state index < -0.39 is 0 Å². The number of rotatable bonds is 7. The molecule has 116 valence electrons. The number of aromatic nitrogens is 2. The summed E-state index contributed by atoms with van der Waals surface area (Å²) in [5, 5.41) is 12.1. The molecule has 6 heteroatoms. The van der Waals surface area contributed by atoms with Gasteiger partial charge in [-0.15, -0.1) is 10.2 Å². The van der Waals surface area contributed by atoms with E-state index in [1.54, 1.807) is 7.11 Å². The maximum atomic E-state index is 11.6. The van der Waals surface area contributed by atoms with Crippen molar-refractivity contribution in [3.05, 3.63) is 34.8 Å². The highest BCUT2D eigenvalue weighted by molar-refractivity contribution is 7.16. The minimum Gasteiger partial charge on any atom is -0.497 e. The summed E-state index contributed by atoms with van der Waals surface area (Å²) in [6.07, 6.45) is 6.23. The van der Waals surface area contributed by atoms with E-state index in [9.17, 15) is 4.79 Å². The minimum absolute atomic E-state index is 0.0105. The van der Waals surface area contributed by atoms with Gasteiger partial charge in [0, 0.05) is 6.42 Å². The Morgan fingerprint density at radius 2 is 2.05 bits per heavy atom. The van der Waals surface area contributed by atoms with Gasteiger partial charge in [0.1, 0.15) is 10.8 Å². The van der Waals surface area contributed by atoms with Crippen LogP contribution in [0.4, 0.5) is 5.13 Å². The highest BCUT2D eigenvalue weighted by Crippen LogP contribution is 2.19. The average Bonchev–Trinajstić information content (AvgIpc) is 2.99. The van der Waals surface area contributed by atoms with E-state index in [0.29, 0.717) is 11.6 Å². The summed E-state index contributed by atoms with van der Waals surface area (Å²) >= 11 is 1.36. The van der Waals surface area contributed by atoms with Gasteiger partial charge in [-0.05, 0) is 30.2 Å². The molecule has 1 aromatic heterocycles. The molecule has 0 aliphatic carbocycles. The van der Waals surface area contributed by atoms with Gasteiger partial charge in [0.25, 0.3) is 0 Å². The summed E-state index contributed by atoms with van der Waals surface area (Å²) < 4.78 is 5.12. The quantitative estimate of drug-likeness (QED) is 0.842. The van der Waals surface area contributed by atoms with Crippen LogP contribution in [-0.2, 0) is 4.79 Å². The summed E-state index contributed by atoms with van der Waals surface area (Å²) in [7, 11) is 1.64. The van der Waals surface area contributed by atoms with Crippen molar-refractivity contribution in [3.63, 3.8) is 0 Å². The van der Waals surface area contributed by atoms with Crippen LogP contribution >= 0.6 is 11.3 Å². The number of methoxy groups -OCH3 is 1. The van der Waals surface area contributed by atoms with Gasteiger partial charge in [-0.25, -0.2) is 0 Å². The summed E-state index contributed by atoms with van der Waals surface area (Å²) in [5.41, 5.74) is 1.05. The highest BCUT2D eigenvalue weighted by atomic mass is 32.1. The van der Waals surface area contributed by atoms with Gasteiger partial charge >= 0.3 is 0 Å². The van der Waals surface area contributed by atoms with E-state index in [1.807, 2.05) is 36.4 Å². The monoisotopic (exact) mass is 317 g/mol. The van der Waals surface area contributed by atoms with Crippen LogP contribution in [0.15, 0.2) is 24.3 Å². The topological polar surface area (TPSA) is 64.1 Å². The molecule has 0 aliphatic rings. The third-order valence-electron chi connectivity index (χ3n) is 2.98. The Kier molecular flexibility index (Phi) is 6.09. The molecule has 0 saturated carbocycles. The fraction of sp³-hybridized carbons (Fsp3) is 0.312. The van der Waals surface area contributed by atoms with E-state index in [-0.39, 0.29) is 5.91 Å². The summed E-state index contributed by atoms with van der Waals surface area (Å²) in [4.78, 5) is 11.6. The van der Waals surface area contributed by atoms with Gasteiger partial charge in [0.15, 0.2) is 0 Å². The molecule has 2 aromatic rings. The molecule has 0 bridgehead atoms. The second kappa shape index (κ2) is 8.29. The maximum Gasteiger partial charge on any atom is 0.226 e. The van der Waals surface area contributed by atoms with Gasteiger partial charge in [0.05, 0.1) is 7.11 Å². The number of unbranched alkanes of at least 4 members (excludes halogenated alkanes) is 1. The van der Waals surface area contributed by atoms with Gasteiger partial charge in [-0.2, -0.15) is 0 Å². The number of carbonyl (C=O) groups excluding carboxylic acids is 1. The Bertz CT molecular complexity index is 635. The van der Waals surface area contributed by atoms with Crippen LogP contribution in [0.1, 0.15) is 36.8 Å². The van der Waals surface area contributed by atoms with Crippen molar-refractivity contribution < 1.29 is 9.53 Å². The number of nitrogens with one attached hydrogen (secondary N) is 1. The summed E-state index contributed by atoms with van der Waals surface area (Å²) in [6.45, 7) is 2.06. The van der Waals surface area contributed by atoms with E-state index in [2.05, 4.69) is 22.4 Å². The number of benzene rings is 1. The van der Waals surface area contributed by atoms with Gasteiger partial charge in [-0.1, -0.05) is 42.9 Å². The van der Waals surface area contributed by atoms with Crippen molar-refractivity contribution in [2.24, 2.45) is 0 Å². The fourth-order valence-electron chi connectivity index (χ4n) is 1.75. The zero-order valence-corrected chi connectivity index (χ0v) is 13.5. The Morgan fingerprint density at radius 3 is 2.73 bits per heavy atom. The first-order chi connectivity index (χ1) is 10.7. The van der Waals surface area contributed by atoms with Crippen LogP contribution in [0.5, 0.6) is 5.75 Å². The lowest BCUT2D eigenvalue weighted by molar-refractivity contribution is -0.116. The van der Waals surface area contributed by atoms with Crippen molar-refractivity contribution in [3.8, 4) is 5.75 Å². The van der Waals surface area contributed by atoms with Crippen LogP contribution in [0.25, 0.3) is 12.2 Å². The Balaban J connectivity index is 1.93. The molecule has 1 heterocycles. The molecule has 0 saturated heterocycles. The first-order valence-corrected chi connectivity index (χ1v) is 7.98. The lowest BCUT2D eigenvalue weighted by Gasteiger charge is -1.98. The molecule has 0 aliphatic heterocycles. The lowest BCUT2D eigenvalue weighted by Crippen LogP contribution is -2.10. The van der Waals surface area contributed by atoms with E-state index in [0.717, 1.165) is 29.2 Å². The van der Waals surface area contributed by atoms with Gasteiger partial charge < -0.3 is 10.1 Å². The van der Waals surface area contributed by atoms with Crippen molar-refractivity contribution >= 4 is 34.5 Å². The number of anilines is 1. The maximum absolute atomic E-state index is 11.6. The number of hydrogen-bond acceptors (Lipinski definition) is 5. The van der Waals surface area contributed by atoms with E-state index >= 15 is 0 Å². The van der Waals surface area contributed by atoms with Crippen LogP contribution in [0.3, 0.4) is 0 Å². The van der Waals surface area contributed by atoms with Crippen molar-refractivity contribution in [2.75, 3.05) is 12.4 Å². The lowest BCUT2D eigenvalue weighted by atomic mass is 10.2. The van der Waals surface area contributed by atoms with Crippen LogP contribution in [0.2, 0.25) is 0 Å². The zero-order chi connectivity index (χ0) is 15.8. The fourth-order valence-corrected chi connectivity index (χ4v) is 2.42. The molecule has 0 atom stereocenters. The number of ether oxygens (including phenoxy) is 1. The second-order valence-corrected chi connectivity index (χ2v) is 5.71. The Labute approximate surface area is 134 Å². The molecule has 5 nitrogen and oxygen atoms in total.